The number of carbonyl (C=O) groups excluding carboxylic acids is 2. The zero-order valence-corrected chi connectivity index (χ0v) is 20.2. The van der Waals surface area contributed by atoms with E-state index in [0.717, 1.165) is 22.5 Å². The highest BCUT2D eigenvalue weighted by molar-refractivity contribution is 7.92. The number of rotatable bonds is 11. The van der Waals surface area contributed by atoms with Gasteiger partial charge in [0, 0.05) is 18.1 Å². The number of hydrogen-bond acceptors (Lipinski definition) is 4. The lowest BCUT2D eigenvalue weighted by Crippen LogP contribution is -2.52. The minimum Gasteiger partial charge on any atom is -0.354 e. The van der Waals surface area contributed by atoms with Gasteiger partial charge in [-0.05, 0) is 42.7 Å². The predicted octanol–water partition coefficient (Wildman–Crippen LogP) is 3.44. The van der Waals surface area contributed by atoms with Crippen LogP contribution in [0.5, 0.6) is 0 Å². The summed E-state index contributed by atoms with van der Waals surface area (Å²) in [5.74, 6) is -0.727. The summed E-state index contributed by atoms with van der Waals surface area (Å²) in [4.78, 5) is 27.7. The third-order valence-corrected chi connectivity index (χ3v) is 6.32. The lowest BCUT2D eigenvalue weighted by molar-refractivity contribution is -0.140. The van der Waals surface area contributed by atoms with E-state index in [1.807, 2.05) is 13.8 Å². The molecule has 0 bridgehead atoms. The highest BCUT2D eigenvalue weighted by Gasteiger charge is 2.31. The van der Waals surface area contributed by atoms with Gasteiger partial charge in [0.15, 0.2) is 0 Å². The second kappa shape index (κ2) is 11.9. The summed E-state index contributed by atoms with van der Waals surface area (Å²) in [6.45, 7) is 4.01. The summed E-state index contributed by atoms with van der Waals surface area (Å²) < 4.78 is 26.0. The van der Waals surface area contributed by atoms with E-state index in [9.17, 15) is 18.0 Å². The van der Waals surface area contributed by atoms with Gasteiger partial charge in [-0.2, -0.15) is 0 Å². The van der Waals surface area contributed by atoms with Crippen LogP contribution in [0.4, 0.5) is 5.69 Å². The van der Waals surface area contributed by atoms with Gasteiger partial charge < -0.3 is 10.2 Å². The lowest BCUT2D eigenvalue weighted by atomic mass is 10.1. The van der Waals surface area contributed by atoms with Gasteiger partial charge in [-0.3, -0.25) is 13.9 Å². The number of anilines is 1. The van der Waals surface area contributed by atoms with Gasteiger partial charge in [0.25, 0.3) is 0 Å². The SMILES string of the molecule is CCCNC(=O)[C@@H](CC)N(Cc1ccc(Cl)cc1)C(=O)CN(c1ccccc1)S(C)(=O)=O. The van der Waals surface area contributed by atoms with E-state index >= 15 is 0 Å². The van der Waals surface area contributed by atoms with Crippen LogP contribution in [0, 0.1) is 0 Å². The van der Waals surface area contributed by atoms with Crippen LogP contribution >= 0.6 is 11.6 Å². The topological polar surface area (TPSA) is 86.8 Å². The number of hydrogen-bond donors (Lipinski definition) is 1. The molecule has 0 saturated heterocycles. The van der Waals surface area contributed by atoms with E-state index in [4.69, 9.17) is 11.6 Å². The molecule has 0 spiro atoms. The Morgan fingerprint density at radius 3 is 2.19 bits per heavy atom. The van der Waals surface area contributed by atoms with Gasteiger partial charge in [-0.15, -0.1) is 0 Å². The van der Waals surface area contributed by atoms with Crippen LogP contribution in [0.2, 0.25) is 5.02 Å². The molecule has 0 unspecified atom stereocenters. The van der Waals surface area contributed by atoms with Crippen molar-refractivity contribution in [2.75, 3.05) is 23.7 Å². The van der Waals surface area contributed by atoms with E-state index < -0.39 is 28.5 Å². The fourth-order valence-corrected chi connectivity index (χ4v) is 4.26. The molecule has 7 nitrogen and oxygen atoms in total. The van der Waals surface area contributed by atoms with Gasteiger partial charge in [0.2, 0.25) is 21.8 Å². The molecule has 0 saturated carbocycles. The molecule has 0 fully saturated rings. The monoisotopic (exact) mass is 479 g/mol. The van der Waals surface area contributed by atoms with Gasteiger partial charge in [0.1, 0.15) is 12.6 Å². The van der Waals surface area contributed by atoms with Crippen molar-refractivity contribution in [1.82, 2.24) is 10.2 Å². The third-order valence-electron chi connectivity index (χ3n) is 4.92. The smallest absolute Gasteiger partial charge is 0.244 e. The van der Waals surface area contributed by atoms with Crippen molar-refractivity contribution in [1.29, 1.82) is 0 Å². The minimum absolute atomic E-state index is 0.153. The Morgan fingerprint density at radius 1 is 1.03 bits per heavy atom. The average Bonchev–Trinajstić information content (AvgIpc) is 2.76. The number of halogens is 1. The van der Waals surface area contributed by atoms with Crippen LogP contribution in [0.15, 0.2) is 54.6 Å². The van der Waals surface area contributed by atoms with Crippen LogP contribution in [0.1, 0.15) is 32.3 Å². The van der Waals surface area contributed by atoms with E-state index in [1.54, 1.807) is 54.6 Å². The van der Waals surface area contributed by atoms with Crippen molar-refractivity contribution in [3.8, 4) is 0 Å². The highest BCUT2D eigenvalue weighted by Crippen LogP contribution is 2.20. The summed E-state index contributed by atoms with van der Waals surface area (Å²) in [7, 11) is -3.72. The molecule has 2 aromatic carbocycles. The summed E-state index contributed by atoms with van der Waals surface area (Å²) in [6, 6.07) is 14.7. The molecule has 2 aromatic rings. The van der Waals surface area contributed by atoms with Crippen molar-refractivity contribution in [2.24, 2.45) is 0 Å². The second-order valence-electron chi connectivity index (χ2n) is 7.47. The molecule has 174 valence electrons. The van der Waals surface area contributed by atoms with Crippen molar-refractivity contribution >= 4 is 39.1 Å². The molecular formula is C23H30ClN3O4S. The highest BCUT2D eigenvalue weighted by atomic mass is 35.5. The van der Waals surface area contributed by atoms with Gasteiger partial charge >= 0.3 is 0 Å². The molecule has 2 rings (SSSR count). The first-order chi connectivity index (χ1) is 15.2. The Balaban J connectivity index is 2.38. The summed E-state index contributed by atoms with van der Waals surface area (Å²) >= 11 is 5.98. The molecule has 9 heteroatoms. The molecule has 0 aliphatic rings. The van der Waals surface area contributed by atoms with Crippen molar-refractivity contribution in [3.05, 3.63) is 65.2 Å². The molecule has 1 N–H and O–H groups in total. The standard InChI is InChI=1S/C23H30ClN3O4S/c1-4-15-25-23(29)21(5-2)26(16-18-11-13-19(24)14-12-18)22(28)17-27(32(3,30)31)20-9-7-6-8-10-20/h6-14,21H,4-5,15-17H2,1-3H3,(H,25,29)/t21-/m1/s1. The Bertz CT molecular complexity index is 998. The van der Waals surface area contributed by atoms with Crippen molar-refractivity contribution in [2.45, 2.75) is 39.3 Å². The van der Waals surface area contributed by atoms with Crippen molar-refractivity contribution < 1.29 is 18.0 Å². The van der Waals surface area contributed by atoms with E-state index in [-0.39, 0.29) is 12.5 Å². The first kappa shape index (κ1) is 25.7. The maximum atomic E-state index is 13.4. The number of nitrogens with one attached hydrogen (secondary N) is 1. The van der Waals surface area contributed by atoms with E-state index in [0.29, 0.717) is 23.7 Å². The van der Waals surface area contributed by atoms with Crippen LogP contribution in [-0.2, 0) is 26.2 Å². The Hall–Kier alpha value is -2.58. The summed E-state index contributed by atoms with van der Waals surface area (Å²) in [5.41, 5.74) is 1.17. The van der Waals surface area contributed by atoms with Gasteiger partial charge in [-0.1, -0.05) is 55.8 Å². The molecular weight excluding hydrogens is 450 g/mol. The number of amides is 2. The molecule has 0 radical (unpaired) electrons. The van der Waals surface area contributed by atoms with E-state index in [1.165, 1.54) is 4.90 Å². The zero-order valence-electron chi connectivity index (χ0n) is 18.6. The number of sulfonamides is 1. The number of carbonyl (C=O) groups is 2. The Labute approximate surface area is 195 Å². The first-order valence-electron chi connectivity index (χ1n) is 10.5. The van der Waals surface area contributed by atoms with Gasteiger partial charge in [-0.25, -0.2) is 8.42 Å². The lowest BCUT2D eigenvalue weighted by Gasteiger charge is -2.32. The fraction of sp³-hybridized carbons (Fsp3) is 0.391. The molecule has 0 aliphatic carbocycles. The first-order valence-corrected chi connectivity index (χ1v) is 12.7. The number of benzene rings is 2. The normalized spacial score (nSPS) is 12.1. The molecule has 0 aromatic heterocycles. The summed E-state index contributed by atoms with van der Waals surface area (Å²) in [6.07, 6.45) is 2.21. The molecule has 0 aliphatic heterocycles. The number of para-hydroxylation sites is 1. The maximum absolute atomic E-state index is 13.4. The van der Waals surface area contributed by atoms with Crippen LogP contribution in [0.25, 0.3) is 0 Å². The molecule has 0 heterocycles. The Kier molecular flexibility index (Phi) is 9.53. The largest absolute Gasteiger partial charge is 0.354 e. The predicted molar refractivity (Wildman–Crippen MR) is 128 cm³/mol. The quantitative estimate of drug-likeness (QED) is 0.534. The third kappa shape index (κ3) is 7.24. The molecule has 1 atom stereocenters. The molecule has 2 amide bonds. The fourth-order valence-electron chi connectivity index (χ4n) is 3.28. The molecule has 32 heavy (non-hydrogen) atoms. The van der Waals surface area contributed by atoms with Crippen molar-refractivity contribution in [3.63, 3.8) is 0 Å². The van der Waals surface area contributed by atoms with Gasteiger partial charge in [0.05, 0.1) is 11.9 Å². The van der Waals surface area contributed by atoms with Crippen LogP contribution in [-0.4, -0.2) is 50.5 Å². The maximum Gasteiger partial charge on any atom is 0.244 e. The van der Waals surface area contributed by atoms with E-state index in [2.05, 4.69) is 5.32 Å². The second-order valence-corrected chi connectivity index (χ2v) is 9.81. The Morgan fingerprint density at radius 2 is 1.66 bits per heavy atom. The van der Waals surface area contributed by atoms with Crippen LogP contribution in [0.3, 0.4) is 0 Å². The average molecular weight is 480 g/mol. The summed E-state index contributed by atoms with van der Waals surface area (Å²) in [5, 5.41) is 3.40. The zero-order chi connectivity index (χ0) is 23.7. The minimum atomic E-state index is -3.72. The van der Waals surface area contributed by atoms with Crippen LogP contribution < -0.4 is 9.62 Å². The number of nitrogens with zero attached hydrogens (tertiary/aromatic N) is 2.